The third-order valence-electron chi connectivity index (χ3n) is 3.16. The van der Waals surface area contributed by atoms with Crippen molar-refractivity contribution in [1.82, 2.24) is 0 Å². The third kappa shape index (κ3) is 2.68. The van der Waals surface area contributed by atoms with Gasteiger partial charge < -0.3 is 4.74 Å². The molecular formula is C16H14ClFO2. The zero-order chi connectivity index (χ0) is 14.9. The first-order valence-electron chi connectivity index (χ1n) is 6.09. The highest BCUT2D eigenvalue weighted by molar-refractivity contribution is 6.30. The summed E-state index contributed by atoms with van der Waals surface area (Å²) in [4.78, 5) is 12.4. The molecule has 0 amide bonds. The van der Waals surface area contributed by atoms with Crippen LogP contribution >= 0.6 is 11.6 Å². The molecule has 0 radical (unpaired) electrons. The van der Waals surface area contributed by atoms with Crippen molar-refractivity contribution in [2.45, 2.75) is 13.8 Å². The number of carbonyl (C=O) groups excluding carboxylic acids is 1. The Bertz CT molecular complexity index is 680. The molecule has 4 heteroatoms. The largest absolute Gasteiger partial charge is 0.496 e. The van der Waals surface area contributed by atoms with Gasteiger partial charge in [0.1, 0.15) is 11.6 Å². The van der Waals surface area contributed by atoms with Crippen molar-refractivity contribution in [3.63, 3.8) is 0 Å². The average molecular weight is 293 g/mol. The Morgan fingerprint density at radius 3 is 2.40 bits per heavy atom. The van der Waals surface area contributed by atoms with Gasteiger partial charge in [-0.05, 0) is 55.3 Å². The number of carbonyl (C=O) groups is 1. The first-order chi connectivity index (χ1) is 9.43. The van der Waals surface area contributed by atoms with Crippen molar-refractivity contribution >= 4 is 17.4 Å². The average Bonchev–Trinajstić information content (AvgIpc) is 2.40. The van der Waals surface area contributed by atoms with Gasteiger partial charge in [0.2, 0.25) is 0 Å². The second-order valence-corrected chi connectivity index (χ2v) is 5.03. The van der Waals surface area contributed by atoms with E-state index in [9.17, 15) is 9.18 Å². The predicted molar refractivity (Wildman–Crippen MR) is 77.3 cm³/mol. The SMILES string of the molecule is COc1cc(C)c(C(=O)c2ccc(Cl)cc2F)cc1C. The van der Waals surface area contributed by atoms with Crippen LogP contribution in [0.2, 0.25) is 5.02 Å². The van der Waals surface area contributed by atoms with Crippen molar-refractivity contribution < 1.29 is 13.9 Å². The maximum Gasteiger partial charge on any atom is 0.196 e. The van der Waals surface area contributed by atoms with Gasteiger partial charge in [0.25, 0.3) is 0 Å². The standard InChI is InChI=1S/C16H14ClFO2/c1-9-7-15(20-3)10(2)6-13(9)16(19)12-5-4-11(17)8-14(12)18/h4-8H,1-3H3. The van der Waals surface area contributed by atoms with Gasteiger partial charge in [0, 0.05) is 10.6 Å². The van der Waals surface area contributed by atoms with Crippen LogP contribution in [0.3, 0.4) is 0 Å². The van der Waals surface area contributed by atoms with Gasteiger partial charge in [-0.2, -0.15) is 0 Å². The minimum Gasteiger partial charge on any atom is -0.496 e. The summed E-state index contributed by atoms with van der Waals surface area (Å²) in [6.45, 7) is 3.64. The monoisotopic (exact) mass is 292 g/mol. The van der Waals surface area contributed by atoms with Crippen LogP contribution in [0, 0.1) is 19.7 Å². The zero-order valence-corrected chi connectivity index (χ0v) is 12.2. The molecule has 0 spiro atoms. The highest BCUT2D eigenvalue weighted by Crippen LogP contribution is 2.25. The minimum absolute atomic E-state index is 0.0158. The highest BCUT2D eigenvalue weighted by atomic mass is 35.5. The van der Waals surface area contributed by atoms with Gasteiger partial charge in [-0.3, -0.25) is 4.79 Å². The summed E-state index contributed by atoms with van der Waals surface area (Å²) < 4.78 is 19.0. The number of hydrogen-bond acceptors (Lipinski definition) is 2. The minimum atomic E-state index is -0.615. The summed E-state index contributed by atoms with van der Waals surface area (Å²) in [5.41, 5.74) is 2.05. The number of rotatable bonds is 3. The van der Waals surface area contributed by atoms with Crippen LogP contribution in [0.1, 0.15) is 27.0 Å². The van der Waals surface area contributed by atoms with Crippen molar-refractivity contribution in [2.24, 2.45) is 0 Å². The lowest BCUT2D eigenvalue weighted by molar-refractivity contribution is 0.103. The maximum atomic E-state index is 13.8. The Labute approximate surface area is 122 Å². The van der Waals surface area contributed by atoms with E-state index in [0.29, 0.717) is 11.3 Å². The Morgan fingerprint density at radius 2 is 1.80 bits per heavy atom. The smallest absolute Gasteiger partial charge is 0.196 e. The third-order valence-corrected chi connectivity index (χ3v) is 3.40. The number of ether oxygens (including phenoxy) is 1. The molecular weight excluding hydrogens is 279 g/mol. The Hall–Kier alpha value is -1.87. The summed E-state index contributed by atoms with van der Waals surface area (Å²) in [5, 5.41) is 0.265. The lowest BCUT2D eigenvalue weighted by Crippen LogP contribution is -2.07. The molecule has 0 saturated carbocycles. The van der Waals surface area contributed by atoms with E-state index < -0.39 is 5.82 Å². The summed E-state index contributed by atoms with van der Waals surface area (Å²) in [6.07, 6.45) is 0. The molecule has 2 aromatic carbocycles. The van der Waals surface area contributed by atoms with E-state index >= 15 is 0 Å². The van der Waals surface area contributed by atoms with E-state index in [-0.39, 0.29) is 16.4 Å². The molecule has 2 rings (SSSR count). The molecule has 0 bridgehead atoms. The number of ketones is 1. The van der Waals surface area contributed by atoms with E-state index in [4.69, 9.17) is 16.3 Å². The van der Waals surface area contributed by atoms with Crippen LogP contribution in [-0.4, -0.2) is 12.9 Å². The molecule has 0 aromatic heterocycles. The van der Waals surface area contributed by atoms with E-state index in [1.807, 2.05) is 6.92 Å². The fourth-order valence-corrected chi connectivity index (χ4v) is 2.23. The second-order valence-electron chi connectivity index (χ2n) is 4.59. The molecule has 0 N–H and O–H groups in total. The molecule has 0 aliphatic rings. The quantitative estimate of drug-likeness (QED) is 0.787. The first kappa shape index (κ1) is 14.5. The summed E-state index contributed by atoms with van der Waals surface area (Å²) in [5.74, 6) is -0.270. The number of methoxy groups -OCH3 is 1. The second kappa shape index (κ2) is 5.63. The van der Waals surface area contributed by atoms with Crippen molar-refractivity contribution in [3.8, 4) is 5.75 Å². The lowest BCUT2D eigenvalue weighted by Gasteiger charge is -2.11. The fraction of sp³-hybridized carbons (Fsp3) is 0.188. The molecule has 0 saturated heterocycles. The van der Waals surface area contributed by atoms with E-state index in [0.717, 1.165) is 17.2 Å². The molecule has 0 heterocycles. The molecule has 0 atom stereocenters. The highest BCUT2D eigenvalue weighted by Gasteiger charge is 2.17. The Balaban J connectivity index is 2.51. The van der Waals surface area contributed by atoms with Gasteiger partial charge >= 0.3 is 0 Å². The molecule has 20 heavy (non-hydrogen) atoms. The number of aryl methyl sites for hydroxylation is 2. The number of halogens is 2. The molecule has 2 aromatic rings. The van der Waals surface area contributed by atoms with Crippen LogP contribution in [0.4, 0.5) is 4.39 Å². The summed E-state index contributed by atoms with van der Waals surface area (Å²) in [6, 6.07) is 7.53. The van der Waals surface area contributed by atoms with E-state index in [1.165, 1.54) is 12.1 Å². The van der Waals surface area contributed by atoms with Gasteiger partial charge in [0.05, 0.1) is 12.7 Å². The van der Waals surface area contributed by atoms with Crippen LogP contribution in [-0.2, 0) is 0 Å². The Morgan fingerprint density at radius 1 is 1.10 bits per heavy atom. The van der Waals surface area contributed by atoms with E-state index in [2.05, 4.69) is 0 Å². The molecule has 0 aliphatic carbocycles. The van der Waals surface area contributed by atoms with Crippen LogP contribution < -0.4 is 4.74 Å². The predicted octanol–water partition coefficient (Wildman–Crippen LogP) is 4.34. The van der Waals surface area contributed by atoms with Crippen LogP contribution in [0.15, 0.2) is 30.3 Å². The van der Waals surface area contributed by atoms with Gasteiger partial charge in [-0.25, -0.2) is 4.39 Å². The van der Waals surface area contributed by atoms with Gasteiger partial charge in [-0.1, -0.05) is 11.6 Å². The molecule has 0 fully saturated rings. The van der Waals surface area contributed by atoms with Gasteiger partial charge in [0.15, 0.2) is 5.78 Å². The van der Waals surface area contributed by atoms with Crippen LogP contribution in [0.25, 0.3) is 0 Å². The normalized spacial score (nSPS) is 10.4. The first-order valence-corrected chi connectivity index (χ1v) is 6.47. The summed E-state index contributed by atoms with van der Waals surface area (Å²) >= 11 is 5.70. The maximum absolute atomic E-state index is 13.8. The van der Waals surface area contributed by atoms with Crippen LogP contribution in [0.5, 0.6) is 5.75 Å². The van der Waals surface area contributed by atoms with Crippen molar-refractivity contribution in [3.05, 3.63) is 63.4 Å². The number of hydrogen-bond donors (Lipinski definition) is 0. The Kier molecular flexibility index (Phi) is 4.09. The topological polar surface area (TPSA) is 26.3 Å². The lowest BCUT2D eigenvalue weighted by atomic mass is 9.96. The fourth-order valence-electron chi connectivity index (χ4n) is 2.07. The van der Waals surface area contributed by atoms with Crippen molar-refractivity contribution in [2.75, 3.05) is 7.11 Å². The number of benzene rings is 2. The zero-order valence-electron chi connectivity index (χ0n) is 11.5. The molecule has 0 aliphatic heterocycles. The molecule has 104 valence electrons. The summed E-state index contributed by atoms with van der Waals surface area (Å²) in [7, 11) is 1.57. The molecule has 0 unspecified atom stereocenters. The molecule has 2 nitrogen and oxygen atoms in total. The van der Waals surface area contributed by atoms with E-state index in [1.54, 1.807) is 26.2 Å². The van der Waals surface area contributed by atoms with Crippen molar-refractivity contribution in [1.29, 1.82) is 0 Å². The van der Waals surface area contributed by atoms with Gasteiger partial charge in [-0.15, -0.1) is 0 Å².